The Morgan fingerprint density at radius 1 is 1.43 bits per heavy atom. The van der Waals surface area contributed by atoms with Crippen LogP contribution in [0.15, 0.2) is 40.1 Å². The summed E-state index contributed by atoms with van der Waals surface area (Å²) in [5, 5.41) is 10.1. The number of carboxylic acid groups (broad SMARTS) is 1. The molecule has 1 aromatic carbocycles. The van der Waals surface area contributed by atoms with Crippen LogP contribution in [0.4, 0.5) is 4.39 Å². The van der Waals surface area contributed by atoms with E-state index in [2.05, 4.69) is 0 Å². The molecule has 14 heavy (non-hydrogen) atoms. The molecule has 0 aliphatic rings. The van der Waals surface area contributed by atoms with Crippen molar-refractivity contribution in [1.29, 1.82) is 0 Å². The molecule has 4 heteroatoms. The Morgan fingerprint density at radius 2 is 2.00 bits per heavy atom. The van der Waals surface area contributed by atoms with E-state index in [0.29, 0.717) is 0 Å². The molecule has 0 unspecified atom stereocenters. The first-order valence-corrected chi connectivity index (χ1v) is 4.80. The van der Waals surface area contributed by atoms with Crippen molar-refractivity contribution in [3.8, 4) is 0 Å². The normalized spacial score (nSPS) is 11.4. The van der Waals surface area contributed by atoms with Crippen LogP contribution in [0.5, 0.6) is 0 Å². The van der Waals surface area contributed by atoms with Crippen molar-refractivity contribution in [1.82, 2.24) is 0 Å². The second-order valence-corrected chi connectivity index (χ2v) is 3.62. The summed E-state index contributed by atoms with van der Waals surface area (Å²) in [6.45, 7) is 1.51. The van der Waals surface area contributed by atoms with Gasteiger partial charge < -0.3 is 5.11 Å². The van der Waals surface area contributed by atoms with Crippen molar-refractivity contribution in [2.75, 3.05) is 0 Å². The van der Waals surface area contributed by atoms with Gasteiger partial charge in [0.2, 0.25) is 0 Å². The highest BCUT2D eigenvalue weighted by Gasteiger charge is 1.99. The molecule has 0 radical (unpaired) electrons. The molecule has 0 fully saturated rings. The predicted octanol–water partition coefficient (Wildman–Crippen LogP) is 2.91. The Bertz CT molecular complexity index is 357. The van der Waals surface area contributed by atoms with Crippen LogP contribution in [0.3, 0.4) is 0 Å². The third kappa shape index (κ3) is 3.22. The van der Waals surface area contributed by atoms with E-state index in [1.54, 1.807) is 12.1 Å². The minimum Gasteiger partial charge on any atom is -0.478 e. The van der Waals surface area contributed by atoms with Gasteiger partial charge in [-0.25, -0.2) is 9.18 Å². The van der Waals surface area contributed by atoms with Gasteiger partial charge in [0.15, 0.2) is 0 Å². The van der Waals surface area contributed by atoms with E-state index in [1.807, 2.05) is 0 Å². The minimum atomic E-state index is -0.945. The maximum Gasteiger partial charge on any atom is 0.331 e. The molecule has 0 saturated heterocycles. The maximum atomic E-state index is 12.5. The van der Waals surface area contributed by atoms with Crippen LogP contribution in [0.1, 0.15) is 6.92 Å². The largest absolute Gasteiger partial charge is 0.478 e. The van der Waals surface area contributed by atoms with Crippen molar-refractivity contribution in [3.05, 3.63) is 41.1 Å². The van der Waals surface area contributed by atoms with Gasteiger partial charge in [0.25, 0.3) is 0 Å². The Hall–Kier alpha value is -1.29. The van der Waals surface area contributed by atoms with Crippen molar-refractivity contribution in [2.24, 2.45) is 0 Å². The molecule has 0 aromatic heterocycles. The van der Waals surface area contributed by atoms with E-state index in [0.717, 1.165) is 4.90 Å². The van der Waals surface area contributed by atoms with Gasteiger partial charge in [-0.2, -0.15) is 0 Å². The fourth-order valence-electron chi connectivity index (χ4n) is 0.720. The monoisotopic (exact) mass is 212 g/mol. The second-order valence-electron chi connectivity index (χ2n) is 2.68. The van der Waals surface area contributed by atoms with Crippen molar-refractivity contribution >= 4 is 17.7 Å². The van der Waals surface area contributed by atoms with Gasteiger partial charge in [-0.3, -0.25) is 0 Å². The molecular weight excluding hydrogens is 203 g/mol. The number of carbonyl (C=O) groups is 1. The molecule has 0 amide bonds. The van der Waals surface area contributed by atoms with Crippen molar-refractivity contribution in [2.45, 2.75) is 11.8 Å². The summed E-state index contributed by atoms with van der Waals surface area (Å²) in [6.07, 6.45) is 0. The molecule has 0 saturated carbocycles. The molecule has 0 bridgehead atoms. The standard InChI is InChI=1S/C10H9FO2S/c1-7(10(12)13)6-14-9-4-2-8(11)3-5-9/h2-6H,1H3,(H,12,13)/b7-6-. The zero-order valence-corrected chi connectivity index (χ0v) is 8.34. The molecule has 0 aliphatic carbocycles. The molecule has 1 N–H and O–H groups in total. The van der Waals surface area contributed by atoms with E-state index < -0.39 is 5.97 Å². The average Bonchev–Trinajstić information content (AvgIpc) is 2.16. The van der Waals surface area contributed by atoms with Gasteiger partial charge in [-0.15, -0.1) is 0 Å². The fraction of sp³-hybridized carbons (Fsp3) is 0.100. The summed E-state index contributed by atoms with van der Waals surface area (Å²) in [4.78, 5) is 11.2. The maximum absolute atomic E-state index is 12.5. The lowest BCUT2D eigenvalue weighted by atomic mass is 10.3. The Morgan fingerprint density at radius 3 is 2.50 bits per heavy atom. The molecule has 1 aromatic rings. The number of hydrogen-bond acceptors (Lipinski definition) is 2. The number of hydrogen-bond donors (Lipinski definition) is 1. The van der Waals surface area contributed by atoms with Crippen LogP contribution in [0, 0.1) is 5.82 Å². The lowest BCUT2D eigenvalue weighted by Gasteiger charge is -1.96. The molecule has 0 heterocycles. The fourth-order valence-corrected chi connectivity index (χ4v) is 1.43. The van der Waals surface area contributed by atoms with Crippen LogP contribution in [0.2, 0.25) is 0 Å². The number of carboxylic acids is 1. The van der Waals surface area contributed by atoms with E-state index in [9.17, 15) is 9.18 Å². The number of thioether (sulfide) groups is 1. The van der Waals surface area contributed by atoms with Crippen LogP contribution in [-0.2, 0) is 4.79 Å². The number of rotatable bonds is 3. The SMILES string of the molecule is C/C(=C/Sc1ccc(F)cc1)C(=O)O. The van der Waals surface area contributed by atoms with Gasteiger partial charge in [-0.1, -0.05) is 11.8 Å². The van der Waals surface area contributed by atoms with Gasteiger partial charge in [0.05, 0.1) is 0 Å². The minimum absolute atomic E-state index is 0.263. The summed E-state index contributed by atoms with van der Waals surface area (Å²) < 4.78 is 12.5. The van der Waals surface area contributed by atoms with E-state index >= 15 is 0 Å². The summed E-state index contributed by atoms with van der Waals surface area (Å²) >= 11 is 1.26. The third-order valence-electron chi connectivity index (χ3n) is 1.52. The molecular formula is C10H9FO2S. The van der Waals surface area contributed by atoms with Gasteiger partial charge in [-0.05, 0) is 36.6 Å². The number of benzene rings is 1. The average molecular weight is 212 g/mol. The van der Waals surface area contributed by atoms with Crippen molar-refractivity contribution in [3.63, 3.8) is 0 Å². The van der Waals surface area contributed by atoms with Gasteiger partial charge in [0.1, 0.15) is 5.82 Å². The zero-order chi connectivity index (χ0) is 10.6. The van der Waals surface area contributed by atoms with Crippen LogP contribution < -0.4 is 0 Å². The van der Waals surface area contributed by atoms with Crippen LogP contribution >= 0.6 is 11.8 Å². The Balaban J connectivity index is 2.66. The molecule has 0 spiro atoms. The van der Waals surface area contributed by atoms with Crippen LogP contribution in [0.25, 0.3) is 0 Å². The predicted molar refractivity (Wildman–Crippen MR) is 53.6 cm³/mol. The quantitative estimate of drug-likeness (QED) is 0.618. The van der Waals surface area contributed by atoms with Gasteiger partial charge >= 0.3 is 5.97 Å². The van der Waals surface area contributed by atoms with Gasteiger partial charge in [0, 0.05) is 10.5 Å². The first kappa shape index (κ1) is 10.8. The summed E-state index contributed by atoms with van der Waals surface area (Å²) in [5.74, 6) is -1.24. The summed E-state index contributed by atoms with van der Waals surface area (Å²) in [6, 6.07) is 5.88. The first-order valence-electron chi connectivity index (χ1n) is 3.92. The van der Waals surface area contributed by atoms with E-state index in [4.69, 9.17) is 5.11 Å². The highest BCUT2D eigenvalue weighted by Crippen LogP contribution is 2.20. The first-order chi connectivity index (χ1) is 6.59. The highest BCUT2D eigenvalue weighted by atomic mass is 32.2. The Labute approximate surface area is 85.4 Å². The van der Waals surface area contributed by atoms with Crippen LogP contribution in [-0.4, -0.2) is 11.1 Å². The molecule has 0 aliphatic heterocycles. The highest BCUT2D eigenvalue weighted by molar-refractivity contribution is 8.02. The molecule has 1 rings (SSSR count). The zero-order valence-electron chi connectivity index (χ0n) is 7.53. The van der Waals surface area contributed by atoms with E-state index in [-0.39, 0.29) is 11.4 Å². The van der Waals surface area contributed by atoms with Crippen molar-refractivity contribution < 1.29 is 14.3 Å². The number of halogens is 1. The second kappa shape index (κ2) is 4.81. The molecule has 0 atom stereocenters. The third-order valence-corrected chi connectivity index (χ3v) is 2.54. The smallest absolute Gasteiger partial charge is 0.331 e. The summed E-state index contributed by atoms with van der Waals surface area (Å²) in [7, 11) is 0. The number of aliphatic carboxylic acids is 1. The summed E-state index contributed by atoms with van der Waals surface area (Å²) in [5.41, 5.74) is 0.263. The van der Waals surface area contributed by atoms with E-state index in [1.165, 1.54) is 36.2 Å². The topological polar surface area (TPSA) is 37.3 Å². The Kier molecular flexibility index (Phi) is 3.71. The lowest BCUT2D eigenvalue weighted by molar-refractivity contribution is -0.132. The lowest BCUT2D eigenvalue weighted by Crippen LogP contribution is -1.94. The molecule has 2 nitrogen and oxygen atoms in total. The molecule has 74 valence electrons.